The van der Waals surface area contributed by atoms with Gasteiger partial charge in [-0.05, 0) is 49.8 Å². The Bertz CT molecular complexity index is 693. The summed E-state index contributed by atoms with van der Waals surface area (Å²) in [6.45, 7) is 13.4. The van der Waals surface area contributed by atoms with Crippen molar-refractivity contribution in [1.82, 2.24) is 9.62 Å². The van der Waals surface area contributed by atoms with Crippen LogP contribution in [0.1, 0.15) is 51.3 Å². The van der Waals surface area contributed by atoms with Gasteiger partial charge in [0.05, 0.1) is 11.4 Å². The zero-order valence-electron chi connectivity index (χ0n) is 16.0. The number of hydrogen-bond acceptors (Lipinski definition) is 3. The Kier molecular flexibility index (Phi) is 6.22. The Balaban J connectivity index is 3.22. The van der Waals surface area contributed by atoms with Crippen molar-refractivity contribution in [3.63, 3.8) is 0 Å². The number of amides is 1. The highest BCUT2D eigenvalue weighted by molar-refractivity contribution is 7.89. The van der Waals surface area contributed by atoms with Crippen molar-refractivity contribution in [2.24, 2.45) is 0 Å². The molecule has 5 nitrogen and oxygen atoms in total. The van der Waals surface area contributed by atoms with Gasteiger partial charge < -0.3 is 5.32 Å². The third-order valence-corrected chi connectivity index (χ3v) is 5.92. The Morgan fingerprint density at radius 3 is 2.00 bits per heavy atom. The third-order valence-electron chi connectivity index (χ3n) is 3.81. The molecule has 1 aromatic rings. The fraction of sp³-hybridized carbons (Fsp3) is 0.611. The smallest absolute Gasteiger partial charge is 0.243 e. The summed E-state index contributed by atoms with van der Waals surface area (Å²) >= 11 is 0. The standard InChI is InChI=1S/C18H30N2O3S/c1-12(2)19-16(21)11-20(8)24(22,23)17-13(3)9-15(10-14(17)4)18(5,6)7/h9-10,12H,11H2,1-8H3,(H,19,21). The van der Waals surface area contributed by atoms with Crippen LogP contribution < -0.4 is 5.32 Å². The van der Waals surface area contributed by atoms with E-state index in [9.17, 15) is 13.2 Å². The van der Waals surface area contributed by atoms with Gasteiger partial charge in [0.1, 0.15) is 0 Å². The number of hydrogen-bond donors (Lipinski definition) is 1. The lowest BCUT2D eigenvalue weighted by Gasteiger charge is -2.24. The summed E-state index contributed by atoms with van der Waals surface area (Å²) < 4.78 is 26.9. The van der Waals surface area contributed by atoms with Crippen LogP contribution in [0.4, 0.5) is 0 Å². The molecule has 136 valence electrons. The Morgan fingerprint density at radius 1 is 1.17 bits per heavy atom. The molecule has 0 radical (unpaired) electrons. The largest absolute Gasteiger partial charge is 0.353 e. The van der Waals surface area contributed by atoms with Gasteiger partial charge in [0.2, 0.25) is 15.9 Å². The maximum atomic E-state index is 12.9. The molecular weight excluding hydrogens is 324 g/mol. The van der Waals surface area contributed by atoms with Crippen LogP contribution in [-0.2, 0) is 20.2 Å². The van der Waals surface area contributed by atoms with E-state index in [1.54, 1.807) is 13.8 Å². The third kappa shape index (κ3) is 4.80. The van der Waals surface area contributed by atoms with Gasteiger partial charge in [-0.2, -0.15) is 4.31 Å². The fourth-order valence-corrected chi connectivity index (χ4v) is 4.13. The predicted octanol–water partition coefficient (Wildman–Crippen LogP) is 2.75. The van der Waals surface area contributed by atoms with Gasteiger partial charge in [0.15, 0.2) is 0 Å². The first-order valence-corrected chi connectivity index (χ1v) is 9.58. The first-order valence-electron chi connectivity index (χ1n) is 8.14. The second kappa shape index (κ2) is 7.23. The minimum atomic E-state index is -3.72. The average Bonchev–Trinajstić information content (AvgIpc) is 2.34. The van der Waals surface area contributed by atoms with E-state index in [1.165, 1.54) is 7.05 Å². The van der Waals surface area contributed by atoms with Crippen molar-refractivity contribution in [1.29, 1.82) is 0 Å². The number of nitrogens with zero attached hydrogens (tertiary/aromatic N) is 1. The summed E-state index contributed by atoms with van der Waals surface area (Å²) in [5.41, 5.74) is 2.45. The molecule has 6 heteroatoms. The van der Waals surface area contributed by atoms with Crippen LogP contribution in [0.25, 0.3) is 0 Å². The molecule has 1 rings (SSSR count). The molecule has 0 saturated heterocycles. The molecule has 0 aliphatic rings. The summed E-state index contributed by atoms with van der Waals surface area (Å²) in [6, 6.07) is 3.81. The minimum absolute atomic E-state index is 0.0249. The molecule has 0 atom stereocenters. The SMILES string of the molecule is Cc1cc(C(C)(C)C)cc(C)c1S(=O)(=O)N(C)CC(=O)NC(C)C. The summed E-state index contributed by atoms with van der Waals surface area (Å²) in [5, 5.41) is 2.71. The van der Waals surface area contributed by atoms with E-state index in [1.807, 2.05) is 26.0 Å². The molecule has 1 N–H and O–H groups in total. The van der Waals surface area contributed by atoms with Crippen LogP contribution in [0, 0.1) is 13.8 Å². The van der Waals surface area contributed by atoms with Gasteiger partial charge in [0.25, 0.3) is 0 Å². The molecule has 0 saturated carbocycles. The van der Waals surface area contributed by atoms with Crippen LogP contribution in [-0.4, -0.2) is 38.3 Å². The zero-order valence-corrected chi connectivity index (χ0v) is 16.8. The van der Waals surface area contributed by atoms with E-state index in [0.29, 0.717) is 11.1 Å². The van der Waals surface area contributed by atoms with Crippen molar-refractivity contribution in [2.45, 2.75) is 64.8 Å². The number of sulfonamides is 1. The molecule has 0 spiro atoms. The highest BCUT2D eigenvalue weighted by Crippen LogP contribution is 2.30. The topological polar surface area (TPSA) is 66.5 Å². The lowest BCUT2D eigenvalue weighted by Crippen LogP contribution is -2.41. The molecule has 0 unspecified atom stereocenters. The van der Waals surface area contributed by atoms with Crippen molar-refractivity contribution < 1.29 is 13.2 Å². The Labute approximate surface area is 146 Å². The van der Waals surface area contributed by atoms with Gasteiger partial charge in [-0.3, -0.25) is 4.79 Å². The van der Waals surface area contributed by atoms with Crippen molar-refractivity contribution in [2.75, 3.05) is 13.6 Å². The number of benzene rings is 1. The van der Waals surface area contributed by atoms with E-state index in [4.69, 9.17) is 0 Å². The highest BCUT2D eigenvalue weighted by atomic mass is 32.2. The average molecular weight is 355 g/mol. The van der Waals surface area contributed by atoms with Crippen molar-refractivity contribution >= 4 is 15.9 Å². The summed E-state index contributed by atoms with van der Waals surface area (Å²) in [7, 11) is -2.28. The maximum absolute atomic E-state index is 12.9. The van der Waals surface area contributed by atoms with Gasteiger partial charge in [0, 0.05) is 13.1 Å². The lowest BCUT2D eigenvalue weighted by molar-refractivity contribution is -0.121. The van der Waals surface area contributed by atoms with E-state index >= 15 is 0 Å². The molecule has 1 aromatic carbocycles. The number of carbonyl (C=O) groups is 1. The van der Waals surface area contributed by atoms with Gasteiger partial charge in [-0.1, -0.05) is 32.9 Å². The maximum Gasteiger partial charge on any atom is 0.243 e. The molecule has 0 fully saturated rings. The molecule has 0 aliphatic heterocycles. The van der Waals surface area contributed by atoms with Gasteiger partial charge in [-0.25, -0.2) is 8.42 Å². The normalized spacial score (nSPS) is 12.8. The van der Waals surface area contributed by atoms with Crippen LogP contribution in [0.3, 0.4) is 0 Å². The Hall–Kier alpha value is -1.40. The number of rotatable bonds is 5. The summed E-state index contributed by atoms with van der Waals surface area (Å²) in [6.07, 6.45) is 0. The van der Waals surface area contributed by atoms with Crippen LogP contribution in [0.15, 0.2) is 17.0 Å². The van der Waals surface area contributed by atoms with E-state index < -0.39 is 10.0 Å². The molecule has 0 bridgehead atoms. The summed E-state index contributed by atoms with van der Waals surface area (Å²) in [5.74, 6) is -0.308. The second-order valence-electron chi connectivity index (χ2n) is 7.67. The first kappa shape index (κ1) is 20.6. The summed E-state index contributed by atoms with van der Waals surface area (Å²) in [4.78, 5) is 12.2. The number of likely N-dealkylation sites (N-methyl/N-ethyl adjacent to an activating group) is 1. The predicted molar refractivity (Wildman–Crippen MR) is 97.7 cm³/mol. The number of aryl methyl sites for hydroxylation is 2. The number of nitrogens with one attached hydrogen (secondary N) is 1. The molecular formula is C18H30N2O3S. The highest BCUT2D eigenvalue weighted by Gasteiger charge is 2.28. The molecule has 0 heterocycles. The van der Waals surface area contributed by atoms with Crippen LogP contribution in [0.5, 0.6) is 0 Å². The van der Waals surface area contributed by atoms with E-state index in [0.717, 1.165) is 9.87 Å². The van der Waals surface area contributed by atoms with Gasteiger partial charge >= 0.3 is 0 Å². The lowest BCUT2D eigenvalue weighted by atomic mass is 9.85. The molecule has 0 aromatic heterocycles. The Morgan fingerprint density at radius 2 is 1.62 bits per heavy atom. The monoisotopic (exact) mass is 354 g/mol. The number of carbonyl (C=O) groups excluding carboxylic acids is 1. The van der Waals surface area contributed by atoms with Crippen molar-refractivity contribution in [3.8, 4) is 0 Å². The first-order chi connectivity index (χ1) is 10.8. The minimum Gasteiger partial charge on any atom is -0.353 e. The second-order valence-corrected chi connectivity index (χ2v) is 9.65. The van der Waals surface area contributed by atoms with E-state index in [2.05, 4.69) is 26.1 Å². The quantitative estimate of drug-likeness (QED) is 0.884. The van der Waals surface area contributed by atoms with Gasteiger partial charge in [-0.15, -0.1) is 0 Å². The fourth-order valence-electron chi connectivity index (χ4n) is 2.60. The molecule has 24 heavy (non-hydrogen) atoms. The van der Waals surface area contributed by atoms with Crippen LogP contribution in [0.2, 0.25) is 0 Å². The molecule has 1 amide bonds. The van der Waals surface area contributed by atoms with E-state index in [-0.39, 0.29) is 28.8 Å². The van der Waals surface area contributed by atoms with Crippen molar-refractivity contribution in [3.05, 3.63) is 28.8 Å². The van der Waals surface area contributed by atoms with Crippen LogP contribution >= 0.6 is 0 Å². The zero-order chi connectivity index (χ0) is 18.9. The molecule has 0 aliphatic carbocycles.